The Morgan fingerprint density at radius 1 is 1.06 bits per heavy atom. The summed E-state index contributed by atoms with van der Waals surface area (Å²) in [6, 6.07) is 12.5. The normalized spacial score (nSPS) is 18.6. The van der Waals surface area contributed by atoms with E-state index >= 15 is 0 Å². The topological polar surface area (TPSA) is 49.7 Å². The molecule has 1 unspecified atom stereocenters. The highest BCUT2D eigenvalue weighted by Crippen LogP contribution is 2.30. The summed E-state index contributed by atoms with van der Waals surface area (Å²) < 4.78 is 7.76. The lowest BCUT2D eigenvalue weighted by atomic mass is 10.0. The van der Waals surface area contributed by atoms with Gasteiger partial charge in [0.05, 0.1) is 24.8 Å². The fourth-order valence-corrected chi connectivity index (χ4v) is 4.79. The number of carbonyl (C=O) groups excluding carboxylic acids is 1. The minimum absolute atomic E-state index is 0.0283. The molecule has 0 spiro atoms. The Bertz CT molecular complexity index is 944. The van der Waals surface area contributed by atoms with Crippen molar-refractivity contribution in [1.82, 2.24) is 19.7 Å². The number of nitrogens with zero attached hydrogens (tertiary/aromatic N) is 3. The van der Waals surface area contributed by atoms with E-state index < -0.39 is 0 Å². The molecule has 1 fully saturated rings. The number of rotatable bonds is 9. The van der Waals surface area contributed by atoms with Crippen LogP contribution in [0.1, 0.15) is 40.5 Å². The number of aromatic nitrogens is 1. The number of morpholine rings is 1. The fraction of sp³-hybridized carbons (Fsp3) is 0.444. The zero-order valence-corrected chi connectivity index (χ0v) is 19.7. The highest BCUT2D eigenvalue weighted by Gasteiger charge is 2.30. The van der Waals surface area contributed by atoms with Gasteiger partial charge in [-0.05, 0) is 43.2 Å². The Morgan fingerprint density at radius 3 is 2.67 bits per heavy atom. The van der Waals surface area contributed by atoms with Gasteiger partial charge in [-0.15, -0.1) is 0 Å². The first-order chi connectivity index (χ1) is 16.3. The van der Waals surface area contributed by atoms with Crippen molar-refractivity contribution >= 4 is 5.91 Å². The van der Waals surface area contributed by atoms with Crippen LogP contribution in [-0.2, 0) is 17.7 Å². The Hall–Kier alpha value is -2.83. The maximum atomic E-state index is 13.7. The number of carbonyl (C=O) groups is 1. The summed E-state index contributed by atoms with van der Waals surface area (Å²) in [6.45, 7) is 6.31. The van der Waals surface area contributed by atoms with Crippen molar-refractivity contribution < 1.29 is 9.53 Å². The highest BCUT2D eigenvalue weighted by atomic mass is 16.5. The molecule has 1 aromatic heterocycles. The van der Waals surface area contributed by atoms with Gasteiger partial charge in [-0.3, -0.25) is 9.69 Å². The summed E-state index contributed by atoms with van der Waals surface area (Å²) >= 11 is 0. The number of allylic oxidation sites excluding steroid dienone is 2. The molecule has 6 heteroatoms. The lowest BCUT2D eigenvalue weighted by Crippen LogP contribution is -2.38. The molecule has 33 heavy (non-hydrogen) atoms. The zero-order valence-electron chi connectivity index (χ0n) is 19.7. The van der Waals surface area contributed by atoms with Crippen LogP contribution in [0.25, 0.3) is 0 Å². The van der Waals surface area contributed by atoms with Gasteiger partial charge >= 0.3 is 0 Å². The van der Waals surface area contributed by atoms with E-state index in [1.165, 1.54) is 11.3 Å². The van der Waals surface area contributed by atoms with Gasteiger partial charge in [0, 0.05) is 51.7 Å². The standard InChI is InChI=1S/C27H36N4O2/c1-28-14-7-3-6-11-25(23-9-4-2-5-10-23)31-15-8-12-26-24(27(31)32)13-16-30(26)18-17-29-19-21-33-22-20-29/h2-7,9-10,13-14,16,25,28H,8,11-12,15,17-22H2,1H3/b6-3-,14-7-. The van der Waals surface area contributed by atoms with Gasteiger partial charge in [-0.25, -0.2) is 0 Å². The predicted molar refractivity (Wildman–Crippen MR) is 132 cm³/mol. The van der Waals surface area contributed by atoms with Crippen LogP contribution < -0.4 is 5.32 Å². The van der Waals surface area contributed by atoms with Crippen molar-refractivity contribution in [3.63, 3.8) is 0 Å². The molecule has 0 saturated carbocycles. The predicted octanol–water partition coefficient (Wildman–Crippen LogP) is 3.63. The van der Waals surface area contributed by atoms with Crippen LogP contribution in [0.5, 0.6) is 0 Å². The van der Waals surface area contributed by atoms with Crippen LogP contribution in [0, 0.1) is 0 Å². The van der Waals surface area contributed by atoms with Crippen molar-refractivity contribution in [2.75, 3.05) is 46.4 Å². The van der Waals surface area contributed by atoms with Gasteiger partial charge in [-0.2, -0.15) is 0 Å². The number of amides is 1. The van der Waals surface area contributed by atoms with E-state index in [0.29, 0.717) is 0 Å². The second-order valence-corrected chi connectivity index (χ2v) is 8.66. The number of nitrogens with one attached hydrogen (secondary N) is 1. The molecule has 2 aliphatic rings. The van der Waals surface area contributed by atoms with E-state index in [0.717, 1.165) is 70.8 Å². The summed E-state index contributed by atoms with van der Waals surface area (Å²) in [5, 5.41) is 3.00. The summed E-state index contributed by atoms with van der Waals surface area (Å²) in [6.07, 6.45) is 12.9. The van der Waals surface area contributed by atoms with Crippen LogP contribution in [0.2, 0.25) is 0 Å². The molecule has 0 radical (unpaired) electrons. The second kappa shape index (κ2) is 11.9. The summed E-state index contributed by atoms with van der Waals surface area (Å²) in [4.78, 5) is 18.3. The van der Waals surface area contributed by atoms with Gasteiger partial charge < -0.3 is 19.5 Å². The second-order valence-electron chi connectivity index (χ2n) is 8.66. The van der Waals surface area contributed by atoms with Crippen molar-refractivity contribution in [2.24, 2.45) is 0 Å². The Morgan fingerprint density at radius 2 is 1.88 bits per heavy atom. The van der Waals surface area contributed by atoms with E-state index in [1.54, 1.807) is 0 Å². The Kier molecular flexibility index (Phi) is 8.39. The maximum Gasteiger partial charge on any atom is 0.256 e. The molecule has 2 aromatic rings. The zero-order chi connectivity index (χ0) is 22.9. The van der Waals surface area contributed by atoms with Gasteiger partial charge in [-0.1, -0.05) is 42.5 Å². The van der Waals surface area contributed by atoms with Crippen LogP contribution in [0.15, 0.2) is 67.0 Å². The largest absolute Gasteiger partial charge is 0.394 e. The van der Waals surface area contributed by atoms with Gasteiger partial charge in [0.1, 0.15) is 0 Å². The minimum atomic E-state index is 0.0283. The van der Waals surface area contributed by atoms with Crippen LogP contribution in [0.3, 0.4) is 0 Å². The lowest BCUT2D eigenvalue weighted by Gasteiger charge is -2.30. The van der Waals surface area contributed by atoms with Crippen molar-refractivity contribution in [1.29, 1.82) is 0 Å². The third-order valence-corrected chi connectivity index (χ3v) is 6.57. The average molecular weight is 449 g/mol. The fourth-order valence-electron chi connectivity index (χ4n) is 4.79. The monoisotopic (exact) mass is 448 g/mol. The molecule has 2 aliphatic heterocycles. The Labute approximate surface area is 197 Å². The van der Waals surface area contributed by atoms with Gasteiger partial charge in [0.2, 0.25) is 0 Å². The first kappa shape index (κ1) is 23.3. The molecule has 6 nitrogen and oxygen atoms in total. The molecule has 1 aromatic carbocycles. The first-order valence-electron chi connectivity index (χ1n) is 12.1. The smallest absolute Gasteiger partial charge is 0.256 e. The number of ether oxygens (including phenoxy) is 1. The van der Waals surface area contributed by atoms with E-state index in [1.807, 2.05) is 37.5 Å². The summed E-state index contributed by atoms with van der Waals surface area (Å²) in [5.74, 6) is 0.153. The van der Waals surface area contributed by atoms with Crippen LogP contribution >= 0.6 is 0 Å². The van der Waals surface area contributed by atoms with Gasteiger partial charge in [0.15, 0.2) is 0 Å². The number of fused-ring (bicyclic) bond motifs is 1. The summed E-state index contributed by atoms with van der Waals surface area (Å²) in [5.41, 5.74) is 3.24. The van der Waals surface area contributed by atoms with Crippen LogP contribution in [0.4, 0.5) is 0 Å². The van der Waals surface area contributed by atoms with E-state index in [4.69, 9.17) is 4.74 Å². The van der Waals surface area contributed by atoms with E-state index in [-0.39, 0.29) is 11.9 Å². The van der Waals surface area contributed by atoms with Crippen molar-refractivity contribution in [2.45, 2.75) is 31.8 Å². The molecular weight excluding hydrogens is 412 g/mol. The highest BCUT2D eigenvalue weighted by molar-refractivity contribution is 5.96. The molecule has 3 heterocycles. The molecule has 4 rings (SSSR count). The number of benzene rings is 1. The molecule has 1 saturated heterocycles. The maximum absolute atomic E-state index is 13.7. The van der Waals surface area contributed by atoms with Gasteiger partial charge in [0.25, 0.3) is 5.91 Å². The third kappa shape index (κ3) is 5.95. The molecule has 0 bridgehead atoms. The van der Waals surface area contributed by atoms with E-state index in [2.05, 4.69) is 56.2 Å². The first-order valence-corrected chi connectivity index (χ1v) is 12.1. The average Bonchev–Trinajstić information content (AvgIpc) is 3.19. The summed E-state index contributed by atoms with van der Waals surface area (Å²) in [7, 11) is 1.89. The molecule has 0 aliphatic carbocycles. The quantitative estimate of drug-likeness (QED) is 0.595. The lowest BCUT2D eigenvalue weighted by molar-refractivity contribution is 0.0363. The Balaban J connectivity index is 1.51. The third-order valence-electron chi connectivity index (χ3n) is 6.57. The molecule has 1 N–H and O–H groups in total. The SMILES string of the molecule is CN/C=C\C=C/CC(c1ccccc1)N1CCCc2c(ccn2CCN2CCOCC2)C1=O. The van der Waals surface area contributed by atoms with Crippen LogP contribution in [-0.4, -0.2) is 66.7 Å². The molecule has 1 amide bonds. The molecule has 176 valence electrons. The number of hydrogen-bond donors (Lipinski definition) is 1. The van der Waals surface area contributed by atoms with Crippen molar-refractivity contribution in [3.05, 3.63) is 83.8 Å². The molecular formula is C27H36N4O2. The van der Waals surface area contributed by atoms with Crippen molar-refractivity contribution in [3.8, 4) is 0 Å². The van der Waals surface area contributed by atoms with E-state index in [9.17, 15) is 4.79 Å². The minimum Gasteiger partial charge on any atom is -0.394 e. The number of hydrogen-bond acceptors (Lipinski definition) is 4. The molecule has 1 atom stereocenters.